The smallest absolute Gasteiger partial charge is 0.319 e. The van der Waals surface area contributed by atoms with Crippen LogP contribution in [0.4, 0.5) is 16.2 Å². The second kappa shape index (κ2) is 8.14. The summed E-state index contributed by atoms with van der Waals surface area (Å²) >= 11 is 0. The molecule has 0 aliphatic carbocycles. The summed E-state index contributed by atoms with van der Waals surface area (Å²) in [7, 11) is 0. The number of nitrogens with one attached hydrogen (secondary N) is 2. The lowest BCUT2D eigenvalue weighted by Gasteiger charge is -2.18. The SMILES string of the molecule is Cc1ccc(C(=O)N2CCc3cc(NC(=O)NCc4cccnc4)ccc32)cc1. The molecule has 1 aliphatic rings. The van der Waals surface area contributed by atoms with E-state index in [0.717, 1.165) is 28.8 Å². The van der Waals surface area contributed by atoms with Gasteiger partial charge in [0.1, 0.15) is 0 Å². The van der Waals surface area contributed by atoms with Gasteiger partial charge in [0.05, 0.1) is 0 Å². The van der Waals surface area contributed by atoms with Gasteiger partial charge in [-0.1, -0.05) is 23.8 Å². The predicted molar refractivity (Wildman–Crippen MR) is 113 cm³/mol. The molecule has 0 radical (unpaired) electrons. The number of urea groups is 1. The van der Waals surface area contributed by atoms with Crippen molar-refractivity contribution in [2.24, 2.45) is 0 Å². The van der Waals surface area contributed by atoms with Crippen LogP contribution in [0, 0.1) is 6.92 Å². The zero-order valence-corrected chi connectivity index (χ0v) is 16.2. The number of hydrogen-bond donors (Lipinski definition) is 2. The summed E-state index contributed by atoms with van der Waals surface area (Å²) < 4.78 is 0. The van der Waals surface area contributed by atoms with E-state index in [-0.39, 0.29) is 11.9 Å². The first kappa shape index (κ1) is 18.7. The molecule has 146 valence electrons. The van der Waals surface area contributed by atoms with Crippen LogP contribution in [0.2, 0.25) is 0 Å². The van der Waals surface area contributed by atoms with Crippen molar-refractivity contribution in [3.63, 3.8) is 0 Å². The number of aryl methyl sites for hydroxylation is 1. The Kier molecular flexibility index (Phi) is 5.24. The maximum atomic E-state index is 12.8. The number of carbonyl (C=O) groups is 2. The van der Waals surface area contributed by atoms with Gasteiger partial charge in [-0.25, -0.2) is 4.79 Å². The van der Waals surface area contributed by atoms with Crippen LogP contribution < -0.4 is 15.5 Å². The Hall–Kier alpha value is -3.67. The molecule has 29 heavy (non-hydrogen) atoms. The minimum absolute atomic E-state index is 0.00123. The van der Waals surface area contributed by atoms with Gasteiger partial charge in [-0.2, -0.15) is 0 Å². The number of amides is 3. The fraction of sp³-hybridized carbons (Fsp3) is 0.174. The molecule has 2 heterocycles. The van der Waals surface area contributed by atoms with Crippen LogP contribution in [-0.2, 0) is 13.0 Å². The van der Waals surface area contributed by atoms with Crippen molar-refractivity contribution in [3.8, 4) is 0 Å². The van der Waals surface area contributed by atoms with Crippen molar-refractivity contribution in [2.75, 3.05) is 16.8 Å². The standard InChI is InChI=1S/C23H22N4O2/c1-16-4-6-18(7-5-16)22(28)27-12-10-19-13-20(8-9-21(19)27)26-23(29)25-15-17-3-2-11-24-14-17/h2-9,11,13-14H,10,12,15H2,1H3,(H2,25,26,29). The summed E-state index contributed by atoms with van der Waals surface area (Å²) in [6, 6.07) is 16.7. The van der Waals surface area contributed by atoms with Crippen LogP contribution in [0.25, 0.3) is 0 Å². The lowest BCUT2D eigenvalue weighted by Crippen LogP contribution is -2.29. The fourth-order valence-corrected chi connectivity index (χ4v) is 3.40. The fourth-order valence-electron chi connectivity index (χ4n) is 3.40. The largest absolute Gasteiger partial charge is 0.334 e. The number of aromatic nitrogens is 1. The van der Waals surface area contributed by atoms with E-state index in [1.165, 1.54) is 0 Å². The first-order chi connectivity index (χ1) is 14.1. The molecule has 6 heteroatoms. The van der Waals surface area contributed by atoms with Gasteiger partial charge in [-0.05, 0) is 60.9 Å². The molecule has 0 spiro atoms. The molecule has 1 aromatic heterocycles. The maximum Gasteiger partial charge on any atom is 0.319 e. The molecule has 2 N–H and O–H groups in total. The summed E-state index contributed by atoms with van der Waals surface area (Å²) in [6.45, 7) is 3.04. The molecular weight excluding hydrogens is 364 g/mol. The highest BCUT2D eigenvalue weighted by atomic mass is 16.2. The van der Waals surface area contributed by atoms with Gasteiger partial charge in [0.15, 0.2) is 0 Å². The van der Waals surface area contributed by atoms with Crippen molar-refractivity contribution in [1.82, 2.24) is 10.3 Å². The monoisotopic (exact) mass is 386 g/mol. The summed E-state index contributed by atoms with van der Waals surface area (Å²) in [5.41, 5.74) is 5.40. The van der Waals surface area contributed by atoms with Crippen molar-refractivity contribution < 1.29 is 9.59 Å². The first-order valence-corrected chi connectivity index (χ1v) is 9.55. The lowest BCUT2D eigenvalue weighted by molar-refractivity contribution is 0.0989. The van der Waals surface area contributed by atoms with E-state index >= 15 is 0 Å². The van der Waals surface area contributed by atoms with Crippen molar-refractivity contribution in [3.05, 3.63) is 89.2 Å². The van der Waals surface area contributed by atoms with Gasteiger partial charge in [-0.15, -0.1) is 0 Å². The number of hydrogen-bond acceptors (Lipinski definition) is 3. The topological polar surface area (TPSA) is 74.3 Å². The van der Waals surface area contributed by atoms with Crippen LogP contribution in [-0.4, -0.2) is 23.5 Å². The van der Waals surface area contributed by atoms with E-state index in [0.29, 0.717) is 24.3 Å². The van der Waals surface area contributed by atoms with Crippen LogP contribution >= 0.6 is 0 Å². The minimum atomic E-state index is -0.278. The molecule has 0 saturated heterocycles. The molecule has 0 saturated carbocycles. The van der Waals surface area contributed by atoms with Crippen LogP contribution in [0.5, 0.6) is 0 Å². The Morgan fingerprint density at radius 1 is 1.10 bits per heavy atom. The molecule has 1 aliphatic heterocycles. The van der Waals surface area contributed by atoms with E-state index in [9.17, 15) is 9.59 Å². The van der Waals surface area contributed by atoms with Gasteiger partial charge in [-0.3, -0.25) is 9.78 Å². The molecule has 0 fully saturated rings. The van der Waals surface area contributed by atoms with E-state index in [1.807, 2.05) is 61.5 Å². The second-order valence-corrected chi connectivity index (χ2v) is 7.09. The molecule has 3 amide bonds. The highest BCUT2D eigenvalue weighted by Crippen LogP contribution is 2.31. The van der Waals surface area contributed by atoms with E-state index in [4.69, 9.17) is 0 Å². The Labute approximate surface area is 169 Å². The normalized spacial score (nSPS) is 12.4. The summed E-state index contributed by atoms with van der Waals surface area (Å²) in [4.78, 5) is 30.8. The number of nitrogens with zero attached hydrogens (tertiary/aromatic N) is 2. The number of pyridine rings is 1. The minimum Gasteiger partial charge on any atom is -0.334 e. The number of carbonyl (C=O) groups excluding carboxylic acids is 2. The van der Waals surface area contributed by atoms with Crippen molar-refractivity contribution in [2.45, 2.75) is 19.9 Å². The molecule has 2 aromatic carbocycles. The predicted octanol–water partition coefficient (Wildman–Crippen LogP) is 3.91. The molecule has 6 nitrogen and oxygen atoms in total. The number of anilines is 2. The van der Waals surface area contributed by atoms with Gasteiger partial charge in [0, 0.05) is 42.4 Å². The molecule has 0 unspecified atom stereocenters. The Morgan fingerprint density at radius 2 is 1.93 bits per heavy atom. The number of rotatable bonds is 4. The first-order valence-electron chi connectivity index (χ1n) is 9.55. The quantitative estimate of drug-likeness (QED) is 0.714. The Morgan fingerprint density at radius 3 is 2.69 bits per heavy atom. The van der Waals surface area contributed by atoms with Crippen molar-refractivity contribution >= 4 is 23.3 Å². The molecule has 0 atom stereocenters. The van der Waals surface area contributed by atoms with E-state index in [1.54, 1.807) is 17.3 Å². The third-order valence-corrected chi connectivity index (χ3v) is 4.95. The maximum absolute atomic E-state index is 12.8. The number of benzene rings is 2. The zero-order chi connectivity index (χ0) is 20.2. The Balaban J connectivity index is 1.41. The van der Waals surface area contributed by atoms with Gasteiger partial charge in [0.2, 0.25) is 0 Å². The van der Waals surface area contributed by atoms with Crippen LogP contribution in [0.1, 0.15) is 27.0 Å². The summed E-state index contributed by atoms with van der Waals surface area (Å²) in [5.74, 6) is -0.00123. The molecule has 0 bridgehead atoms. The number of fused-ring (bicyclic) bond motifs is 1. The van der Waals surface area contributed by atoms with Crippen molar-refractivity contribution in [1.29, 1.82) is 0 Å². The van der Waals surface area contributed by atoms with Gasteiger partial charge >= 0.3 is 6.03 Å². The van der Waals surface area contributed by atoms with Crippen LogP contribution in [0.15, 0.2) is 67.0 Å². The molecular formula is C23H22N4O2. The van der Waals surface area contributed by atoms with E-state index < -0.39 is 0 Å². The third-order valence-electron chi connectivity index (χ3n) is 4.95. The molecule has 4 rings (SSSR count). The van der Waals surface area contributed by atoms with Crippen LogP contribution in [0.3, 0.4) is 0 Å². The Bertz CT molecular complexity index is 1030. The summed E-state index contributed by atoms with van der Waals surface area (Å²) in [5, 5.41) is 5.66. The highest BCUT2D eigenvalue weighted by Gasteiger charge is 2.25. The third kappa shape index (κ3) is 4.27. The lowest BCUT2D eigenvalue weighted by atomic mass is 10.1. The average molecular weight is 386 g/mol. The van der Waals surface area contributed by atoms with Gasteiger partial charge < -0.3 is 15.5 Å². The van der Waals surface area contributed by atoms with E-state index in [2.05, 4.69) is 15.6 Å². The highest BCUT2D eigenvalue weighted by molar-refractivity contribution is 6.07. The molecule has 3 aromatic rings. The second-order valence-electron chi connectivity index (χ2n) is 7.09. The van der Waals surface area contributed by atoms with Gasteiger partial charge in [0.25, 0.3) is 5.91 Å². The zero-order valence-electron chi connectivity index (χ0n) is 16.2. The summed E-state index contributed by atoms with van der Waals surface area (Å²) in [6.07, 6.45) is 4.18. The average Bonchev–Trinajstić information content (AvgIpc) is 3.16.